The van der Waals surface area contributed by atoms with Gasteiger partial charge in [0.25, 0.3) is 10.0 Å². The molecule has 1 aliphatic carbocycles. The van der Waals surface area contributed by atoms with E-state index in [1.807, 2.05) is 31.2 Å². The fourth-order valence-electron chi connectivity index (χ4n) is 5.05. The van der Waals surface area contributed by atoms with Gasteiger partial charge in [-0.05, 0) is 80.8 Å². The first-order valence-corrected chi connectivity index (χ1v) is 16.0. The van der Waals surface area contributed by atoms with Crippen molar-refractivity contribution in [3.8, 4) is 5.75 Å². The molecule has 1 aliphatic rings. The van der Waals surface area contributed by atoms with E-state index < -0.39 is 28.5 Å². The summed E-state index contributed by atoms with van der Waals surface area (Å²) in [6, 6.07) is 19.2. The molecule has 3 aromatic carbocycles. The number of carbonyl (C=O) groups is 2. The maximum Gasteiger partial charge on any atom is 0.264 e. The van der Waals surface area contributed by atoms with Crippen molar-refractivity contribution in [2.24, 2.45) is 0 Å². The molecule has 42 heavy (non-hydrogen) atoms. The number of hydrogen-bond acceptors (Lipinski definition) is 5. The summed E-state index contributed by atoms with van der Waals surface area (Å²) in [5.74, 6) is -0.252. The average Bonchev–Trinajstić information content (AvgIpc) is 3.00. The van der Waals surface area contributed by atoms with E-state index in [1.165, 1.54) is 24.1 Å². The lowest BCUT2D eigenvalue weighted by Crippen LogP contribution is -2.53. The minimum Gasteiger partial charge on any atom is -0.497 e. The Balaban J connectivity index is 1.66. The van der Waals surface area contributed by atoms with E-state index in [-0.39, 0.29) is 29.1 Å². The number of anilines is 1. The first-order valence-electron chi connectivity index (χ1n) is 14.2. The van der Waals surface area contributed by atoms with Crippen LogP contribution in [0.25, 0.3) is 0 Å². The molecule has 0 bridgehead atoms. The average molecular weight is 612 g/mol. The van der Waals surface area contributed by atoms with Gasteiger partial charge in [-0.3, -0.25) is 13.9 Å². The molecule has 0 aliphatic heterocycles. The van der Waals surface area contributed by atoms with E-state index in [2.05, 4.69) is 5.32 Å². The lowest BCUT2D eigenvalue weighted by Gasteiger charge is -2.33. The van der Waals surface area contributed by atoms with Crippen LogP contribution < -0.4 is 14.4 Å². The number of methoxy groups -OCH3 is 1. The van der Waals surface area contributed by atoms with Crippen LogP contribution in [0.1, 0.15) is 50.2 Å². The van der Waals surface area contributed by atoms with Gasteiger partial charge in [-0.2, -0.15) is 0 Å². The summed E-state index contributed by atoms with van der Waals surface area (Å²) in [6.45, 7) is 3.30. The van der Waals surface area contributed by atoms with Gasteiger partial charge in [0.05, 0.1) is 17.7 Å². The zero-order chi connectivity index (χ0) is 30.3. The zero-order valence-corrected chi connectivity index (χ0v) is 25.8. The quantitative estimate of drug-likeness (QED) is 0.299. The van der Waals surface area contributed by atoms with Gasteiger partial charge in [-0.15, -0.1) is 0 Å². The van der Waals surface area contributed by atoms with Crippen LogP contribution >= 0.6 is 11.6 Å². The summed E-state index contributed by atoms with van der Waals surface area (Å²) in [4.78, 5) is 28.9. The summed E-state index contributed by atoms with van der Waals surface area (Å²) in [5.41, 5.74) is 2.18. The third kappa shape index (κ3) is 7.83. The van der Waals surface area contributed by atoms with Crippen LogP contribution in [0, 0.1) is 6.92 Å². The molecule has 1 saturated carbocycles. The van der Waals surface area contributed by atoms with Crippen molar-refractivity contribution < 1.29 is 22.7 Å². The SMILES string of the molecule is COc1ccc(S(=O)(=O)N(CC(=O)N(Cc2ccc(C)cc2)C(C)C(=O)NC2CCCCC2)c2ccc(Cl)cc2)cc1. The summed E-state index contributed by atoms with van der Waals surface area (Å²) >= 11 is 6.09. The van der Waals surface area contributed by atoms with E-state index >= 15 is 0 Å². The van der Waals surface area contributed by atoms with Crippen molar-refractivity contribution in [3.63, 3.8) is 0 Å². The molecule has 2 amide bonds. The fourth-order valence-corrected chi connectivity index (χ4v) is 6.59. The van der Waals surface area contributed by atoms with Gasteiger partial charge >= 0.3 is 0 Å². The van der Waals surface area contributed by atoms with Crippen molar-refractivity contribution in [2.75, 3.05) is 18.0 Å². The largest absolute Gasteiger partial charge is 0.497 e. The van der Waals surface area contributed by atoms with Gasteiger partial charge in [0.15, 0.2) is 0 Å². The van der Waals surface area contributed by atoms with Crippen molar-refractivity contribution in [3.05, 3.63) is 88.9 Å². The molecule has 8 nitrogen and oxygen atoms in total. The lowest BCUT2D eigenvalue weighted by molar-refractivity contribution is -0.139. The molecule has 0 radical (unpaired) electrons. The minimum atomic E-state index is -4.18. The van der Waals surface area contributed by atoms with E-state index in [4.69, 9.17) is 16.3 Å². The number of halogens is 1. The molecule has 224 valence electrons. The Kier molecular flexibility index (Phi) is 10.5. The van der Waals surface area contributed by atoms with Crippen molar-refractivity contribution in [1.82, 2.24) is 10.2 Å². The Morgan fingerprint density at radius 1 is 0.952 bits per heavy atom. The Bertz CT molecular complexity index is 1460. The topological polar surface area (TPSA) is 96.0 Å². The lowest BCUT2D eigenvalue weighted by atomic mass is 9.95. The Labute approximate surface area is 253 Å². The van der Waals surface area contributed by atoms with E-state index in [9.17, 15) is 18.0 Å². The van der Waals surface area contributed by atoms with Gasteiger partial charge in [-0.25, -0.2) is 8.42 Å². The number of benzene rings is 3. The first-order chi connectivity index (χ1) is 20.1. The third-order valence-electron chi connectivity index (χ3n) is 7.63. The predicted molar refractivity (Wildman–Crippen MR) is 165 cm³/mol. The van der Waals surface area contributed by atoms with Crippen molar-refractivity contribution in [1.29, 1.82) is 0 Å². The van der Waals surface area contributed by atoms with Crippen LogP contribution in [-0.4, -0.2) is 50.9 Å². The van der Waals surface area contributed by atoms with Crippen molar-refractivity contribution >= 4 is 39.1 Å². The number of nitrogens with zero attached hydrogens (tertiary/aromatic N) is 2. The predicted octanol–water partition coefficient (Wildman–Crippen LogP) is 5.72. The molecule has 0 aromatic heterocycles. The Morgan fingerprint density at radius 3 is 2.17 bits per heavy atom. The van der Waals surface area contributed by atoms with Crippen LogP contribution in [-0.2, 0) is 26.2 Å². The molecular weight excluding hydrogens is 574 g/mol. The number of aryl methyl sites for hydroxylation is 1. The van der Waals surface area contributed by atoms with Crippen LogP contribution in [0.15, 0.2) is 77.7 Å². The Hall–Kier alpha value is -3.56. The fraction of sp³-hybridized carbons (Fsp3) is 0.375. The molecule has 1 unspecified atom stereocenters. The standard InChI is InChI=1S/C32H38ClN3O5S/c1-23-9-11-25(12-10-23)21-35(24(2)32(38)34-27-7-5-4-6-8-27)31(37)22-36(28-15-13-26(33)14-16-28)42(39,40)30-19-17-29(41-3)18-20-30/h9-20,24,27H,4-8,21-22H2,1-3H3,(H,34,38). The number of rotatable bonds is 11. The molecule has 1 N–H and O–H groups in total. The van der Waals surface area contributed by atoms with E-state index in [1.54, 1.807) is 43.3 Å². The molecule has 1 atom stereocenters. The number of amides is 2. The number of sulfonamides is 1. The van der Waals surface area contributed by atoms with Crippen molar-refractivity contribution in [2.45, 2.75) is 69.5 Å². The molecule has 3 aromatic rings. The second kappa shape index (κ2) is 14.1. The normalized spacial score (nSPS) is 14.6. The second-order valence-corrected chi connectivity index (χ2v) is 13.0. The zero-order valence-electron chi connectivity index (χ0n) is 24.3. The number of hydrogen-bond donors (Lipinski definition) is 1. The van der Waals surface area contributed by atoms with Gasteiger partial charge in [-0.1, -0.05) is 60.7 Å². The second-order valence-electron chi connectivity index (χ2n) is 10.7. The minimum absolute atomic E-state index is 0.000718. The third-order valence-corrected chi connectivity index (χ3v) is 9.67. The van der Waals surface area contributed by atoms with Gasteiger partial charge in [0, 0.05) is 17.6 Å². The van der Waals surface area contributed by atoms with Crippen LogP contribution in [0.2, 0.25) is 5.02 Å². The molecule has 1 fully saturated rings. The summed E-state index contributed by atoms with van der Waals surface area (Å²) in [5, 5.41) is 3.55. The first kappa shape index (κ1) is 31.4. The van der Waals surface area contributed by atoms with Crippen LogP contribution in [0.3, 0.4) is 0 Å². The molecule has 0 spiro atoms. The maximum absolute atomic E-state index is 14.1. The highest BCUT2D eigenvalue weighted by Gasteiger charge is 2.33. The summed E-state index contributed by atoms with van der Waals surface area (Å²) in [6.07, 6.45) is 5.10. The smallest absolute Gasteiger partial charge is 0.264 e. The molecular formula is C32H38ClN3O5S. The monoisotopic (exact) mass is 611 g/mol. The summed E-state index contributed by atoms with van der Waals surface area (Å²) in [7, 11) is -2.68. The Morgan fingerprint density at radius 2 is 1.57 bits per heavy atom. The highest BCUT2D eigenvalue weighted by Crippen LogP contribution is 2.27. The molecule has 0 saturated heterocycles. The summed E-state index contributed by atoms with van der Waals surface area (Å²) < 4.78 is 34.1. The van der Waals surface area contributed by atoms with E-state index in [0.29, 0.717) is 10.8 Å². The number of ether oxygens (including phenoxy) is 1. The maximum atomic E-state index is 14.1. The number of carbonyl (C=O) groups excluding carboxylic acids is 2. The molecule has 0 heterocycles. The highest BCUT2D eigenvalue weighted by molar-refractivity contribution is 7.92. The highest BCUT2D eigenvalue weighted by atomic mass is 35.5. The van der Waals surface area contributed by atoms with Gasteiger partial charge < -0.3 is 15.0 Å². The van der Waals surface area contributed by atoms with Crippen LogP contribution in [0.4, 0.5) is 5.69 Å². The van der Waals surface area contributed by atoms with Crippen LogP contribution in [0.5, 0.6) is 5.75 Å². The molecule has 10 heteroatoms. The van der Waals surface area contributed by atoms with Gasteiger partial charge in [0.2, 0.25) is 11.8 Å². The molecule has 4 rings (SSSR count). The van der Waals surface area contributed by atoms with E-state index in [0.717, 1.165) is 47.5 Å². The van der Waals surface area contributed by atoms with Gasteiger partial charge in [0.1, 0.15) is 18.3 Å². The number of nitrogens with one attached hydrogen (secondary N) is 1.